The molecule has 0 amide bonds. The Bertz CT molecular complexity index is 292. The normalized spacial score (nSPS) is 20.3. The van der Waals surface area contributed by atoms with Crippen LogP contribution in [0.2, 0.25) is 0 Å². The van der Waals surface area contributed by atoms with Crippen LogP contribution >= 0.6 is 0 Å². The Labute approximate surface area is 93.6 Å². The SMILES string of the molecule is CC(C)S(=O)(=O)CCNCC1(C)CCC1. The van der Waals surface area contributed by atoms with Gasteiger partial charge in [-0.1, -0.05) is 13.3 Å². The Balaban J connectivity index is 2.17. The molecule has 0 aromatic carbocycles. The molecule has 3 nitrogen and oxygen atoms in total. The van der Waals surface area contributed by atoms with Crippen LogP contribution < -0.4 is 5.32 Å². The number of rotatable bonds is 6. The summed E-state index contributed by atoms with van der Waals surface area (Å²) in [6, 6.07) is 0. The lowest BCUT2D eigenvalue weighted by Gasteiger charge is -2.38. The fraction of sp³-hybridized carbons (Fsp3) is 1.00. The Morgan fingerprint density at radius 1 is 1.33 bits per heavy atom. The summed E-state index contributed by atoms with van der Waals surface area (Å²) in [4.78, 5) is 0. The highest BCUT2D eigenvalue weighted by Gasteiger charge is 2.31. The standard InChI is InChI=1S/C11H23NO2S/c1-10(2)15(13,14)8-7-12-9-11(3)5-4-6-11/h10,12H,4-9H2,1-3H3. The molecule has 1 rings (SSSR count). The highest BCUT2D eigenvalue weighted by atomic mass is 32.2. The lowest BCUT2D eigenvalue weighted by Crippen LogP contribution is -2.39. The first kappa shape index (κ1) is 13.0. The second kappa shape index (κ2) is 4.83. The molecule has 4 heteroatoms. The average Bonchev–Trinajstić information content (AvgIpc) is 2.09. The molecule has 90 valence electrons. The van der Waals surface area contributed by atoms with Crippen LogP contribution in [0.25, 0.3) is 0 Å². The van der Waals surface area contributed by atoms with Gasteiger partial charge in [0.25, 0.3) is 0 Å². The van der Waals surface area contributed by atoms with E-state index in [-0.39, 0.29) is 11.0 Å². The third-order valence-corrected chi connectivity index (χ3v) is 5.60. The van der Waals surface area contributed by atoms with Crippen molar-refractivity contribution in [3.05, 3.63) is 0 Å². The zero-order valence-electron chi connectivity index (χ0n) is 10.0. The van der Waals surface area contributed by atoms with Gasteiger partial charge in [0.05, 0.1) is 11.0 Å². The summed E-state index contributed by atoms with van der Waals surface area (Å²) >= 11 is 0. The monoisotopic (exact) mass is 233 g/mol. The second-order valence-electron chi connectivity index (χ2n) is 5.26. The van der Waals surface area contributed by atoms with E-state index in [0.717, 1.165) is 6.54 Å². The highest BCUT2D eigenvalue weighted by Crippen LogP contribution is 2.39. The number of hydrogen-bond donors (Lipinski definition) is 1. The van der Waals surface area contributed by atoms with Gasteiger partial charge in [-0.2, -0.15) is 0 Å². The predicted octanol–water partition coefficient (Wildman–Crippen LogP) is 1.59. The van der Waals surface area contributed by atoms with Crippen LogP contribution in [0, 0.1) is 5.41 Å². The molecule has 15 heavy (non-hydrogen) atoms. The maximum atomic E-state index is 11.5. The minimum absolute atomic E-state index is 0.251. The summed E-state index contributed by atoms with van der Waals surface area (Å²) in [6.07, 6.45) is 3.87. The minimum atomic E-state index is -2.87. The van der Waals surface area contributed by atoms with Gasteiger partial charge in [0.15, 0.2) is 9.84 Å². The van der Waals surface area contributed by atoms with Crippen molar-refractivity contribution in [2.75, 3.05) is 18.8 Å². The molecular weight excluding hydrogens is 210 g/mol. The maximum Gasteiger partial charge on any atom is 0.153 e. The molecule has 0 bridgehead atoms. The fourth-order valence-corrected chi connectivity index (χ4v) is 2.70. The van der Waals surface area contributed by atoms with Crippen molar-refractivity contribution in [2.45, 2.75) is 45.3 Å². The third-order valence-electron chi connectivity index (χ3n) is 3.39. The van der Waals surface area contributed by atoms with E-state index in [1.54, 1.807) is 13.8 Å². The molecule has 0 unspecified atom stereocenters. The van der Waals surface area contributed by atoms with Crippen LogP contribution in [-0.4, -0.2) is 32.5 Å². The Kier molecular flexibility index (Phi) is 4.18. The molecule has 0 aliphatic heterocycles. The van der Waals surface area contributed by atoms with Gasteiger partial charge in [-0.3, -0.25) is 0 Å². The second-order valence-corrected chi connectivity index (χ2v) is 7.93. The third kappa shape index (κ3) is 3.76. The minimum Gasteiger partial charge on any atom is -0.315 e. The Hall–Kier alpha value is -0.0900. The largest absolute Gasteiger partial charge is 0.315 e. The lowest BCUT2D eigenvalue weighted by molar-refractivity contribution is 0.158. The zero-order valence-corrected chi connectivity index (χ0v) is 10.9. The summed E-state index contributed by atoms with van der Waals surface area (Å²) in [5.41, 5.74) is 0.432. The molecule has 0 spiro atoms. The van der Waals surface area contributed by atoms with Crippen LogP contribution in [0.1, 0.15) is 40.0 Å². The molecule has 1 saturated carbocycles. The molecule has 0 radical (unpaired) electrons. The lowest BCUT2D eigenvalue weighted by atomic mass is 9.70. The molecule has 1 N–H and O–H groups in total. The van der Waals surface area contributed by atoms with Crippen molar-refractivity contribution < 1.29 is 8.42 Å². The highest BCUT2D eigenvalue weighted by molar-refractivity contribution is 7.92. The van der Waals surface area contributed by atoms with Crippen molar-refractivity contribution in [1.82, 2.24) is 5.32 Å². The van der Waals surface area contributed by atoms with Crippen LogP contribution in [0.4, 0.5) is 0 Å². The smallest absolute Gasteiger partial charge is 0.153 e. The van der Waals surface area contributed by atoms with Gasteiger partial charge >= 0.3 is 0 Å². The quantitative estimate of drug-likeness (QED) is 0.709. The molecule has 0 atom stereocenters. The van der Waals surface area contributed by atoms with Gasteiger partial charge in [-0.05, 0) is 32.1 Å². The summed E-state index contributed by atoms with van der Waals surface area (Å²) in [7, 11) is -2.87. The van der Waals surface area contributed by atoms with Gasteiger partial charge in [-0.15, -0.1) is 0 Å². The number of sulfone groups is 1. The van der Waals surface area contributed by atoms with Crippen molar-refractivity contribution in [3.63, 3.8) is 0 Å². The van der Waals surface area contributed by atoms with E-state index in [1.807, 2.05) is 0 Å². The van der Waals surface area contributed by atoms with Crippen molar-refractivity contribution in [2.24, 2.45) is 5.41 Å². The first-order valence-corrected chi connectivity index (χ1v) is 7.50. The van der Waals surface area contributed by atoms with Crippen molar-refractivity contribution >= 4 is 9.84 Å². The van der Waals surface area contributed by atoms with E-state index in [0.29, 0.717) is 12.0 Å². The maximum absolute atomic E-state index is 11.5. The summed E-state index contributed by atoms with van der Waals surface area (Å²) < 4.78 is 23.0. The summed E-state index contributed by atoms with van der Waals surface area (Å²) in [5, 5.41) is 3.01. The van der Waals surface area contributed by atoms with Crippen LogP contribution in [0.3, 0.4) is 0 Å². The van der Waals surface area contributed by atoms with E-state index in [9.17, 15) is 8.42 Å². The van der Waals surface area contributed by atoms with Crippen LogP contribution in [-0.2, 0) is 9.84 Å². The topological polar surface area (TPSA) is 46.2 Å². The van der Waals surface area contributed by atoms with E-state index < -0.39 is 9.84 Å². The first-order chi connectivity index (χ1) is 6.86. The molecule has 1 fully saturated rings. The van der Waals surface area contributed by atoms with Gasteiger partial charge in [0, 0.05) is 13.1 Å². The van der Waals surface area contributed by atoms with E-state index in [2.05, 4.69) is 12.2 Å². The summed E-state index contributed by atoms with van der Waals surface area (Å²) in [5.74, 6) is 0.265. The molecule has 0 heterocycles. The van der Waals surface area contributed by atoms with Crippen molar-refractivity contribution in [3.8, 4) is 0 Å². The molecule has 1 aliphatic carbocycles. The van der Waals surface area contributed by atoms with E-state index in [1.165, 1.54) is 19.3 Å². The Morgan fingerprint density at radius 3 is 2.33 bits per heavy atom. The number of nitrogens with one attached hydrogen (secondary N) is 1. The van der Waals surface area contributed by atoms with E-state index >= 15 is 0 Å². The molecule has 0 aromatic heterocycles. The van der Waals surface area contributed by atoms with Gasteiger partial charge in [0.1, 0.15) is 0 Å². The average molecular weight is 233 g/mol. The predicted molar refractivity (Wildman–Crippen MR) is 63.8 cm³/mol. The number of hydrogen-bond acceptors (Lipinski definition) is 3. The Morgan fingerprint density at radius 2 is 1.93 bits per heavy atom. The molecule has 0 aromatic rings. The zero-order chi connectivity index (χ0) is 11.5. The van der Waals surface area contributed by atoms with Crippen LogP contribution in [0.5, 0.6) is 0 Å². The summed E-state index contributed by atoms with van der Waals surface area (Å²) in [6.45, 7) is 7.29. The van der Waals surface area contributed by atoms with Gasteiger partial charge < -0.3 is 5.32 Å². The molecule has 1 aliphatic rings. The molecular formula is C11H23NO2S. The molecule has 0 saturated heterocycles. The first-order valence-electron chi connectivity index (χ1n) is 5.78. The fourth-order valence-electron chi connectivity index (χ4n) is 1.80. The van der Waals surface area contributed by atoms with Gasteiger partial charge in [-0.25, -0.2) is 8.42 Å². The van der Waals surface area contributed by atoms with E-state index in [4.69, 9.17) is 0 Å². The van der Waals surface area contributed by atoms with Crippen LogP contribution in [0.15, 0.2) is 0 Å². The van der Waals surface area contributed by atoms with Crippen molar-refractivity contribution in [1.29, 1.82) is 0 Å². The van der Waals surface area contributed by atoms with Gasteiger partial charge in [0.2, 0.25) is 0 Å².